The van der Waals surface area contributed by atoms with E-state index < -0.39 is 10.0 Å². The van der Waals surface area contributed by atoms with Crippen LogP contribution in [0.1, 0.15) is 12.8 Å². The van der Waals surface area contributed by atoms with Crippen molar-refractivity contribution < 1.29 is 13.2 Å². The Bertz CT molecular complexity index is 820. The summed E-state index contributed by atoms with van der Waals surface area (Å²) in [7, 11) is -3.43. The Morgan fingerprint density at radius 3 is 2.40 bits per heavy atom. The first kappa shape index (κ1) is 17.8. The maximum absolute atomic E-state index is 12.4. The highest BCUT2D eigenvalue weighted by molar-refractivity contribution is 7.99. The van der Waals surface area contributed by atoms with Crippen molar-refractivity contribution in [2.45, 2.75) is 22.9 Å². The fourth-order valence-electron chi connectivity index (χ4n) is 2.47. The molecule has 2 aromatic rings. The van der Waals surface area contributed by atoms with E-state index in [9.17, 15) is 13.2 Å². The minimum Gasteiger partial charge on any atom is -0.325 e. The van der Waals surface area contributed by atoms with Crippen molar-refractivity contribution in [3.63, 3.8) is 0 Å². The van der Waals surface area contributed by atoms with Gasteiger partial charge in [-0.15, -0.1) is 0 Å². The van der Waals surface area contributed by atoms with Crippen LogP contribution in [0.5, 0.6) is 0 Å². The number of nitrogens with zero attached hydrogens (tertiary/aromatic N) is 3. The second kappa shape index (κ2) is 7.94. The zero-order chi connectivity index (χ0) is 17.7. The summed E-state index contributed by atoms with van der Waals surface area (Å²) >= 11 is 1.24. The van der Waals surface area contributed by atoms with Gasteiger partial charge in [0.2, 0.25) is 15.9 Å². The van der Waals surface area contributed by atoms with Gasteiger partial charge in [0.1, 0.15) is 0 Å². The average molecular weight is 378 g/mol. The minimum absolute atomic E-state index is 0.178. The van der Waals surface area contributed by atoms with Gasteiger partial charge in [-0.2, -0.15) is 4.31 Å². The molecular weight excluding hydrogens is 360 g/mol. The molecule has 1 aromatic carbocycles. The Hall–Kier alpha value is -1.97. The van der Waals surface area contributed by atoms with Gasteiger partial charge in [-0.05, 0) is 43.2 Å². The van der Waals surface area contributed by atoms with Crippen LogP contribution in [0.2, 0.25) is 0 Å². The second-order valence-electron chi connectivity index (χ2n) is 5.50. The monoisotopic (exact) mass is 378 g/mol. The number of hydrogen-bond acceptors (Lipinski definition) is 6. The molecule has 132 valence electrons. The van der Waals surface area contributed by atoms with Crippen LogP contribution in [0.15, 0.2) is 52.8 Å². The highest BCUT2D eigenvalue weighted by Crippen LogP contribution is 2.22. The van der Waals surface area contributed by atoms with E-state index in [1.165, 1.54) is 28.2 Å². The maximum atomic E-state index is 12.4. The predicted molar refractivity (Wildman–Crippen MR) is 95.8 cm³/mol. The largest absolute Gasteiger partial charge is 0.325 e. The van der Waals surface area contributed by atoms with Crippen molar-refractivity contribution in [2.24, 2.45) is 0 Å². The van der Waals surface area contributed by atoms with Crippen molar-refractivity contribution >= 4 is 33.4 Å². The van der Waals surface area contributed by atoms with E-state index in [4.69, 9.17) is 0 Å². The van der Waals surface area contributed by atoms with Gasteiger partial charge in [-0.3, -0.25) is 4.79 Å². The molecule has 1 fully saturated rings. The van der Waals surface area contributed by atoms with E-state index in [2.05, 4.69) is 15.3 Å². The topological polar surface area (TPSA) is 92.3 Å². The van der Waals surface area contributed by atoms with E-state index in [1.807, 2.05) is 0 Å². The van der Waals surface area contributed by atoms with E-state index in [0.717, 1.165) is 12.8 Å². The summed E-state index contributed by atoms with van der Waals surface area (Å²) in [5, 5.41) is 3.27. The molecule has 0 saturated carbocycles. The summed E-state index contributed by atoms with van der Waals surface area (Å²) in [5.41, 5.74) is 0.556. The number of nitrogens with one attached hydrogen (secondary N) is 1. The summed E-state index contributed by atoms with van der Waals surface area (Å²) in [4.78, 5) is 20.3. The van der Waals surface area contributed by atoms with Crippen LogP contribution >= 0.6 is 11.8 Å². The predicted octanol–water partition coefficient (Wildman–Crippen LogP) is 1.99. The Balaban J connectivity index is 1.58. The minimum atomic E-state index is -3.43. The fourth-order valence-corrected chi connectivity index (χ4v) is 4.60. The lowest BCUT2D eigenvalue weighted by Gasteiger charge is -2.15. The molecule has 1 amide bonds. The molecule has 0 atom stereocenters. The molecule has 1 aliphatic rings. The third kappa shape index (κ3) is 4.56. The molecule has 0 aliphatic carbocycles. The second-order valence-corrected chi connectivity index (χ2v) is 8.38. The summed E-state index contributed by atoms with van der Waals surface area (Å²) in [6.07, 6.45) is 5.03. The van der Waals surface area contributed by atoms with Crippen LogP contribution < -0.4 is 5.32 Å². The Morgan fingerprint density at radius 2 is 1.76 bits per heavy atom. The molecule has 0 bridgehead atoms. The summed E-state index contributed by atoms with van der Waals surface area (Å²) in [6.45, 7) is 1.14. The standard InChI is InChI=1S/C16H18N4O3S2/c21-15(12-24-16-17-8-3-9-18-16)19-13-4-6-14(7-5-13)25(22,23)20-10-1-2-11-20/h3-9H,1-2,10-12H2,(H,19,21). The molecule has 1 saturated heterocycles. The number of carbonyl (C=O) groups is 1. The molecule has 1 aromatic heterocycles. The Morgan fingerprint density at radius 1 is 1.12 bits per heavy atom. The van der Waals surface area contributed by atoms with Crippen LogP contribution in [0, 0.1) is 0 Å². The molecule has 1 N–H and O–H groups in total. The third-order valence-electron chi connectivity index (χ3n) is 3.72. The number of benzene rings is 1. The van der Waals surface area contributed by atoms with Gasteiger partial charge in [0.05, 0.1) is 10.6 Å². The number of sulfonamides is 1. The zero-order valence-electron chi connectivity index (χ0n) is 13.5. The van der Waals surface area contributed by atoms with Crippen LogP contribution in [-0.2, 0) is 14.8 Å². The normalized spacial score (nSPS) is 15.2. The number of hydrogen-bond donors (Lipinski definition) is 1. The lowest BCUT2D eigenvalue weighted by Crippen LogP contribution is -2.27. The number of aromatic nitrogens is 2. The van der Waals surface area contributed by atoms with Crippen LogP contribution in [0.25, 0.3) is 0 Å². The molecule has 2 heterocycles. The average Bonchev–Trinajstić information content (AvgIpc) is 3.17. The van der Waals surface area contributed by atoms with Gasteiger partial charge in [-0.1, -0.05) is 11.8 Å². The molecule has 0 spiro atoms. The lowest BCUT2D eigenvalue weighted by molar-refractivity contribution is -0.113. The van der Waals surface area contributed by atoms with Crippen LogP contribution in [-0.4, -0.2) is 47.4 Å². The number of thioether (sulfide) groups is 1. The molecule has 7 nitrogen and oxygen atoms in total. The van der Waals surface area contributed by atoms with Gasteiger partial charge >= 0.3 is 0 Å². The quantitative estimate of drug-likeness (QED) is 0.610. The first-order chi connectivity index (χ1) is 12.1. The van der Waals surface area contributed by atoms with Gasteiger partial charge in [0, 0.05) is 31.2 Å². The van der Waals surface area contributed by atoms with Crippen molar-refractivity contribution in [3.8, 4) is 0 Å². The molecule has 9 heteroatoms. The van der Waals surface area contributed by atoms with Crippen LogP contribution in [0.3, 0.4) is 0 Å². The number of rotatable bonds is 6. The first-order valence-corrected chi connectivity index (χ1v) is 10.3. The van der Waals surface area contributed by atoms with E-state index in [0.29, 0.717) is 23.9 Å². The molecular formula is C16H18N4O3S2. The SMILES string of the molecule is O=C(CSc1ncccn1)Nc1ccc(S(=O)(=O)N2CCCC2)cc1. The summed E-state index contributed by atoms with van der Waals surface area (Å²) in [5.74, 6) is -0.0229. The molecule has 0 unspecified atom stereocenters. The summed E-state index contributed by atoms with van der Waals surface area (Å²) < 4.78 is 26.4. The Labute approximate surface area is 150 Å². The highest BCUT2D eigenvalue weighted by atomic mass is 32.2. The first-order valence-electron chi connectivity index (χ1n) is 7.85. The van der Waals surface area contributed by atoms with E-state index in [1.54, 1.807) is 30.6 Å². The number of amides is 1. The van der Waals surface area contributed by atoms with Crippen molar-refractivity contribution in [2.75, 3.05) is 24.2 Å². The fraction of sp³-hybridized carbons (Fsp3) is 0.312. The van der Waals surface area contributed by atoms with Gasteiger partial charge in [-0.25, -0.2) is 18.4 Å². The Kier molecular flexibility index (Phi) is 5.67. The smallest absolute Gasteiger partial charge is 0.243 e. The van der Waals surface area contributed by atoms with Gasteiger partial charge in [0.15, 0.2) is 5.16 Å². The molecule has 1 aliphatic heterocycles. The molecule has 25 heavy (non-hydrogen) atoms. The van der Waals surface area contributed by atoms with E-state index >= 15 is 0 Å². The highest BCUT2D eigenvalue weighted by Gasteiger charge is 2.26. The van der Waals surface area contributed by atoms with Crippen LogP contribution in [0.4, 0.5) is 5.69 Å². The maximum Gasteiger partial charge on any atom is 0.243 e. The molecule has 0 radical (unpaired) electrons. The zero-order valence-corrected chi connectivity index (χ0v) is 15.1. The van der Waals surface area contributed by atoms with Gasteiger partial charge in [0.25, 0.3) is 0 Å². The number of anilines is 1. The van der Waals surface area contributed by atoms with Crippen molar-refractivity contribution in [1.29, 1.82) is 0 Å². The van der Waals surface area contributed by atoms with Crippen molar-refractivity contribution in [3.05, 3.63) is 42.7 Å². The lowest BCUT2D eigenvalue weighted by atomic mass is 10.3. The third-order valence-corrected chi connectivity index (χ3v) is 6.50. The number of carbonyl (C=O) groups excluding carboxylic acids is 1. The molecule has 3 rings (SSSR count). The van der Waals surface area contributed by atoms with Crippen molar-refractivity contribution in [1.82, 2.24) is 14.3 Å². The summed E-state index contributed by atoms with van der Waals surface area (Å²) in [6, 6.07) is 7.96. The van der Waals surface area contributed by atoms with Gasteiger partial charge < -0.3 is 5.32 Å². The van der Waals surface area contributed by atoms with E-state index in [-0.39, 0.29) is 16.6 Å².